The predicted molar refractivity (Wildman–Crippen MR) is 73.6 cm³/mol. The first-order chi connectivity index (χ1) is 9.56. The van der Waals surface area contributed by atoms with Crippen LogP contribution in [0.2, 0.25) is 5.15 Å². The molecule has 0 fully saturated rings. The van der Waals surface area contributed by atoms with Crippen LogP contribution < -0.4 is 5.49 Å². The molecule has 0 aliphatic carbocycles. The molecule has 0 spiro atoms. The van der Waals surface area contributed by atoms with Crippen LogP contribution in [0.5, 0.6) is 0 Å². The van der Waals surface area contributed by atoms with Crippen LogP contribution in [0.4, 0.5) is 4.39 Å². The molecule has 0 saturated heterocycles. The van der Waals surface area contributed by atoms with Crippen molar-refractivity contribution in [3.8, 4) is 0 Å². The lowest BCUT2D eigenvalue weighted by Gasteiger charge is -2.07. The highest BCUT2D eigenvalue weighted by molar-refractivity contribution is 6.29. The fourth-order valence-corrected chi connectivity index (χ4v) is 1.68. The van der Waals surface area contributed by atoms with Gasteiger partial charge in [-0.25, -0.2) is 9.37 Å². The number of amides is 1. The summed E-state index contributed by atoms with van der Waals surface area (Å²) in [6, 6.07) is 8.60. The SMILES string of the molecule is C=C(F)C(=O)/N=c1\ccccn1Cc1ccc(Cl)nc1. The minimum atomic E-state index is -1.09. The standard InChI is InChI=1S/C14H11ClFN3O/c1-10(16)14(20)18-13-4-2-3-7-19(13)9-11-5-6-12(15)17-8-11/h2-8H,1,9H2/b18-13+. The lowest BCUT2D eigenvalue weighted by Crippen LogP contribution is -2.22. The lowest BCUT2D eigenvalue weighted by atomic mass is 10.3. The summed E-state index contributed by atoms with van der Waals surface area (Å²) in [5, 5.41) is 0.403. The van der Waals surface area contributed by atoms with Crippen LogP contribution in [0.15, 0.2) is 60.1 Å². The van der Waals surface area contributed by atoms with Crippen LogP contribution in [-0.2, 0) is 11.3 Å². The minimum Gasteiger partial charge on any atom is -0.328 e. The number of nitrogens with zero attached hydrogens (tertiary/aromatic N) is 3. The van der Waals surface area contributed by atoms with E-state index >= 15 is 0 Å². The summed E-state index contributed by atoms with van der Waals surface area (Å²) in [6.07, 6.45) is 3.36. The maximum Gasteiger partial charge on any atom is 0.307 e. The quantitative estimate of drug-likeness (QED) is 0.644. The van der Waals surface area contributed by atoms with E-state index in [-0.39, 0.29) is 0 Å². The Morgan fingerprint density at radius 2 is 2.20 bits per heavy atom. The highest BCUT2D eigenvalue weighted by Crippen LogP contribution is 2.06. The van der Waals surface area contributed by atoms with Crippen LogP contribution in [0.1, 0.15) is 5.56 Å². The van der Waals surface area contributed by atoms with Crippen molar-refractivity contribution in [3.63, 3.8) is 0 Å². The molecule has 6 heteroatoms. The third-order valence-electron chi connectivity index (χ3n) is 2.51. The third kappa shape index (κ3) is 3.61. The van der Waals surface area contributed by atoms with Gasteiger partial charge >= 0.3 is 5.91 Å². The summed E-state index contributed by atoms with van der Waals surface area (Å²) in [5.41, 5.74) is 1.22. The summed E-state index contributed by atoms with van der Waals surface area (Å²) < 4.78 is 14.4. The molecule has 0 atom stereocenters. The number of hydrogen-bond acceptors (Lipinski definition) is 2. The molecule has 4 nitrogen and oxygen atoms in total. The highest BCUT2D eigenvalue weighted by atomic mass is 35.5. The monoisotopic (exact) mass is 291 g/mol. The molecular formula is C14H11ClFN3O. The van der Waals surface area contributed by atoms with Crippen molar-refractivity contribution >= 4 is 17.5 Å². The van der Waals surface area contributed by atoms with Gasteiger partial charge in [-0.3, -0.25) is 4.79 Å². The fourth-order valence-electron chi connectivity index (χ4n) is 1.56. The van der Waals surface area contributed by atoms with Crippen molar-refractivity contribution in [2.75, 3.05) is 0 Å². The van der Waals surface area contributed by atoms with Crippen molar-refractivity contribution < 1.29 is 9.18 Å². The Hall–Kier alpha value is -2.27. The van der Waals surface area contributed by atoms with Crippen LogP contribution in [-0.4, -0.2) is 15.5 Å². The summed E-state index contributed by atoms with van der Waals surface area (Å²) in [5.74, 6) is -2.08. The lowest BCUT2D eigenvalue weighted by molar-refractivity contribution is -0.116. The van der Waals surface area contributed by atoms with E-state index in [1.807, 2.05) is 6.07 Å². The largest absolute Gasteiger partial charge is 0.328 e. The van der Waals surface area contributed by atoms with Gasteiger partial charge in [-0.1, -0.05) is 30.3 Å². The molecule has 0 unspecified atom stereocenters. The number of hydrogen-bond donors (Lipinski definition) is 0. The van der Waals surface area contributed by atoms with Crippen LogP contribution >= 0.6 is 11.6 Å². The van der Waals surface area contributed by atoms with Crippen LogP contribution in [0, 0.1) is 0 Å². The molecule has 102 valence electrons. The van der Waals surface area contributed by atoms with E-state index in [0.717, 1.165) is 5.56 Å². The van der Waals surface area contributed by atoms with Crippen LogP contribution in [0.25, 0.3) is 0 Å². The van der Waals surface area contributed by atoms with Crippen molar-refractivity contribution in [2.24, 2.45) is 4.99 Å². The Balaban J connectivity index is 2.35. The Labute approximate surface area is 119 Å². The molecular weight excluding hydrogens is 281 g/mol. The van der Waals surface area contributed by atoms with Gasteiger partial charge in [0.05, 0.1) is 6.54 Å². The first kappa shape index (κ1) is 14.1. The average molecular weight is 292 g/mol. The fraction of sp³-hybridized carbons (Fsp3) is 0.0714. The number of rotatable bonds is 3. The van der Waals surface area contributed by atoms with E-state index in [1.54, 1.807) is 41.2 Å². The number of halogens is 2. The zero-order valence-electron chi connectivity index (χ0n) is 10.5. The number of carbonyl (C=O) groups excluding carboxylic acids is 1. The topological polar surface area (TPSA) is 47.2 Å². The molecule has 2 rings (SSSR count). The zero-order valence-corrected chi connectivity index (χ0v) is 11.2. The second-order valence-corrected chi connectivity index (χ2v) is 4.39. The van der Waals surface area contributed by atoms with Crippen molar-refractivity contribution in [1.82, 2.24) is 9.55 Å². The number of aromatic nitrogens is 2. The van der Waals surface area contributed by atoms with Gasteiger partial charge in [0, 0.05) is 12.4 Å². The summed E-state index contributed by atoms with van der Waals surface area (Å²) in [7, 11) is 0. The van der Waals surface area contributed by atoms with Crippen molar-refractivity contribution in [1.29, 1.82) is 0 Å². The van der Waals surface area contributed by atoms with Gasteiger partial charge in [-0.15, -0.1) is 0 Å². The van der Waals surface area contributed by atoms with Gasteiger partial charge in [0.15, 0.2) is 5.83 Å². The van der Waals surface area contributed by atoms with E-state index in [9.17, 15) is 9.18 Å². The van der Waals surface area contributed by atoms with Gasteiger partial charge in [-0.2, -0.15) is 4.99 Å². The molecule has 0 aliphatic rings. The molecule has 0 bridgehead atoms. The van der Waals surface area contributed by atoms with Gasteiger partial charge in [0.1, 0.15) is 10.6 Å². The van der Waals surface area contributed by atoms with E-state index in [1.165, 1.54) is 0 Å². The maximum absolute atomic E-state index is 12.7. The molecule has 0 aromatic carbocycles. The van der Waals surface area contributed by atoms with Crippen LogP contribution in [0.3, 0.4) is 0 Å². The Bertz CT molecular complexity index is 707. The first-order valence-electron chi connectivity index (χ1n) is 5.75. The van der Waals surface area contributed by atoms with E-state index < -0.39 is 11.7 Å². The Morgan fingerprint density at radius 3 is 2.85 bits per heavy atom. The molecule has 20 heavy (non-hydrogen) atoms. The predicted octanol–water partition coefficient (Wildman–Crippen LogP) is 2.50. The third-order valence-corrected chi connectivity index (χ3v) is 2.73. The summed E-state index contributed by atoms with van der Waals surface area (Å²) in [6.45, 7) is 3.37. The van der Waals surface area contributed by atoms with Gasteiger partial charge in [-0.05, 0) is 23.8 Å². The maximum atomic E-state index is 12.7. The van der Waals surface area contributed by atoms with Gasteiger partial charge in [0.2, 0.25) is 0 Å². The number of carbonyl (C=O) groups is 1. The Morgan fingerprint density at radius 1 is 1.40 bits per heavy atom. The molecule has 1 amide bonds. The molecule has 0 saturated carbocycles. The zero-order chi connectivity index (χ0) is 14.5. The second kappa shape index (κ2) is 6.25. The van der Waals surface area contributed by atoms with E-state index in [2.05, 4.69) is 16.6 Å². The minimum absolute atomic E-state index is 0.339. The van der Waals surface area contributed by atoms with E-state index in [4.69, 9.17) is 11.6 Å². The number of pyridine rings is 2. The van der Waals surface area contributed by atoms with Crippen molar-refractivity contribution in [2.45, 2.75) is 6.54 Å². The molecule has 0 aliphatic heterocycles. The molecule has 0 radical (unpaired) electrons. The summed E-state index contributed by atoms with van der Waals surface area (Å²) in [4.78, 5) is 18.9. The van der Waals surface area contributed by atoms with Gasteiger partial charge in [0.25, 0.3) is 0 Å². The molecule has 2 aromatic heterocycles. The highest BCUT2D eigenvalue weighted by Gasteiger charge is 2.04. The molecule has 2 aromatic rings. The average Bonchev–Trinajstić information content (AvgIpc) is 2.43. The normalized spacial score (nSPS) is 11.4. The van der Waals surface area contributed by atoms with Gasteiger partial charge < -0.3 is 4.57 Å². The molecule has 0 N–H and O–H groups in total. The summed E-state index contributed by atoms with van der Waals surface area (Å²) >= 11 is 5.72. The molecule has 2 heterocycles. The Kier molecular flexibility index (Phi) is 4.42. The van der Waals surface area contributed by atoms with Crippen molar-refractivity contribution in [3.05, 3.63) is 71.3 Å². The van der Waals surface area contributed by atoms with E-state index in [0.29, 0.717) is 17.2 Å². The second-order valence-electron chi connectivity index (χ2n) is 4.00. The smallest absolute Gasteiger partial charge is 0.307 e. The first-order valence-corrected chi connectivity index (χ1v) is 6.13.